The third kappa shape index (κ3) is 3.70. The van der Waals surface area contributed by atoms with E-state index in [4.69, 9.17) is 31.3 Å². The second-order valence-electron chi connectivity index (χ2n) is 3.09. The molecule has 0 heterocycles. The number of aliphatic hydroxyl groups excluding tert-OH is 5. The Kier molecular flexibility index (Phi) is 5.65. The third-order valence-electron chi connectivity index (χ3n) is 1.94. The van der Waals surface area contributed by atoms with E-state index in [1.54, 1.807) is 0 Å². The molecule has 0 aromatic heterocycles. The van der Waals surface area contributed by atoms with E-state index in [9.17, 15) is 9.90 Å². The number of aliphatic hydroxyl groups is 5. The summed E-state index contributed by atoms with van der Waals surface area (Å²) in [6, 6.07) is -1.67. The summed E-state index contributed by atoms with van der Waals surface area (Å²) in [5.41, 5.74) is 5.12. The molecule has 0 spiro atoms. The van der Waals surface area contributed by atoms with Gasteiger partial charge in [-0.05, 0) is 0 Å². The third-order valence-corrected chi connectivity index (χ3v) is 1.94. The smallest absolute Gasteiger partial charge is 0.334 e. The van der Waals surface area contributed by atoms with Crippen LogP contribution < -0.4 is 5.73 Å². The SMILES string of the molecule is N[C@@H]([C@@H](O)[C@H](O)[C@H](O)CO)[C@@H](O)C(=O)O. The van der Waals surface area contributed by atoms with Gasteiger partial charge in [-0.2, -0.15) is 0 Å². The van der Waals surface area contributed by atoms with Crippen molar-refractivity contribution in [1.82, 2.24) is 0 Å². The van der Waals surface area contributed by atoms with Crippen LogP contribution in [0.1, 0.15) is 0 Å². The maximum absolute atomic E-state index is 10.3. The summed E-state index contributed by atoms with van der Waals surface area (Å²) < 4.78 is 0. The van der Waals surface area contributed by atoms with Crippen LogP contribution in [0, 0.1) is 0 Å². The fraction of sp³-hybridized carbons (Fsp3) is 0.857. The van der Waals surface area contributed by atoms with Gasteiger partial charge in [0.1, 0.15) is 18.3 Å². The molecule has 0 aliphatic heterocycles. The summed E-state index contributed by atoms with van der Waals surface area (Å²) in [6.07, 6.45) is -7.43. The van der Waals surface area contributed by atoms with Crippen LogP contribution in [0.15, 0.2) is 0 Å². The van der Waals surface area contributed by atoms with Crippen LogP contribution in [0.5, 0.6) is 0 Å². The first-order valence-electron chi connectivity index (χ1n) is 4.14. The summed E-state index contributed by atoms with van der Waals surface area (Å²) in [7, 11) is 0. The second-order valence-corrected chi connectivity index (χ2v) is 3.09. The average molecular weight is 225 g/mol. The summed E-state index contributed by atoms with van der Waals surface area (Å²) >= 11 is 0. The highest BCUT2D eigenvalue weighted by atomic mass is 16.4. The summed E-state index contributed by atoms with van der Waals surface area (Å²) in [4.78, 5) is 10.3. The van der Waals surface area contributed by atoms with Gasteiger partial charge in [0.25, 0.3) is 0 Å². The molecule has 0 aliphatic rings. The molecule has 15 heavy (non-hydrogen) atoms. The highest BCUT2D eigenvalue weighted by Crippen LogP contribution is 2.06. The predicted molar refractivity (Wildman–Crippen MR) is 46.7 cm³/mol. The van der Waals surface area contributed by atoms with Crippen molar-refractivity contribution in [2.45, 2.75) is 30.5 Å². The Morgan fingerprint density at radius 2 is 1.60 bits per heavy atom. The number of carboxylic acid groups (broad SMARTS) is 1. The lowest BCUT2D eigenvalue weighted by atomic mass is 9.98. The maximum Gasteiger partial charge on any atom is 0.334 e. The van der Waals surface area contributed by atoms with Crippen molar-refractivity contribution in [1.29, 1.82) is 0 Å². The molecule has 0 bridgehead atoms. The monoisotopic (exact) mass is 225 g/mol. The Hall–Kier alpha value is -0.770. The van der Waals surface area contributed by atoms with E-state index in [2.05, 4.69) is 0 Å². The molecule has 0 aliphatic carbocycles. The van der Waals surface area contributed by atoms with E-state index in [1.165, 1.54) is 0 Å². The number of nitrogens with two attached hydrogens (primary N) is 1. The van der Waals surface area contributed by atoms with E-state index >= 15 is 0 Å². The fourth-order valence-electron chi connectivity index (χ4n) is 0.915. The minimum atomic E-state index is -2.07. The molecule has 8 nitrogen and oxygen atoms in total. The normalized spacial score (nSPS) is 21.5. The lowest BCUT2D eigenvalue weighted by molar-refractivity contribution is -0.152. The number of aliphatic carboxylic acids is 1. The maximum atomic E-state index is 10.3. The Morgan fingerprint density at radius 3 is 1.93 bits per heavy atom. The number of rotatable bonds is 6. The van der Waals surface area contributed by atoms with Crippen LogP contribution in [-0.2, 0) is 4.79 Å². The molecular weight excluding hydrogens is 210 g/mol. The van der Waals surface area contributed by atoms with Gasteiger partial charge in [-0.15, -0.1) is 0 Å². The zero-order valence-corrected chi connectivity index (χ0v) is 7.76. The van der Waals surface area contributed by atoms with Crippen molar-refractivity contribution in [3.8, 4) is 0 Å². The number of hydrogen-bond acceptors (Lipinski definition) is 7. The van der Waals surface area contributed by atoms with Crippen LogP contribution in [0.2, 0.25) is 0 Å². The Bertz CT molecular complexity index is 212. The largest absolute Gasteiger partial charge is 0.479 e. The molecule has 0 radical (unpaired) electrons. The molecule has 0 rings (SSSR count). The fourth-order valence-corrected chi connectivity index (χ4v) is 0.915. The molecule has 8 heteroatoms. The lowest BCUT2D eigenvalue weighted by Crippen LogP contribution is -2.56. The van der Waals surface area contributed by atoms with Gasteiger partial charge in [0.15, 0.2) is 6.10 Å². The van der Waals surface area contributed by atoms with Crippen LogP contribution in [0.3, 0.4) is 0 Å². The van der Waals surface area contributed by atoms with E-state index in [1.807, 2.05) is 0 Å². The molecule has 0 saturated carbocycles. The van der Waals surface area contributed by atoms with E-state index in [-0.39, 0.29) is 0 Å². The number of hydrogen-bond donors (Lipinski definition) is 7. The number of carbonyl (C=O) groups is 1. The zero-order chi connectivity index (χ0) is 12.2. The Balaban J connectivity index is 4.42. The summed E-state index contributed by atoms with van der Waals surface area (Å²) in [6.45, 7) is -0.825. The molecule has 0 aromatic rings. The Labute approximate surface area is 85.2 Å². The van der Waals surface area contributed by atoms with E-state index in [0.29, 0.717) is 0 Å². The molecule has 0 unspecified atom stereocenters. The van der Waals surface area contributed by atoms with Gasteiger partial charge in [0.2, 0.25) is 0 Å². The van der Waals surface area contributed by atoms with Crippen molar-refractivity contribution < 1.29 is 35.4 Å². The van der Waals surface area contributed by atoms with Gasteiger partial charge in [0.05, 0.1) is 12.6 Å². The first-order chi connectivity index (χ1) is 6.82. The van der Waals surface area contributed by atoms with E-state index < -0.39 is 43.0 Å². The highest BCUT2D eigenvalue weighted by molar-refractivity contribution is 5.73. The van der Waals surface area contributed by atoms with Crippen molar-refractivity contribution in [3.05, 3.63) is 0 Å². The van der Waals surface area contributed by atoms with Crippen LogP contribution in [0.25, 0.3) is 0 Å². The second kappa shape index (κ2) is 5.95. The molecule has 0 saturated heterocycles. The summed E-state index contributed by atoms with van der Waals surface area (Å²) in [5, 5.41) is 53.0. The molecule has 8 N–H and O–H groups in total. The standard InChI is InChI=1S/C7H15NO7/c8-3(6(13)7(14)15)5(12)4(11)2(10)1-9/h2-6,9-13H,1,8H2,(H,14,15)/t2-,3+,4-,5-,6-/m1/s1. The van der Waals surface area contributed by atoms with Gasteiger partial charge in [-0.25, -0.2) is 4.79 Å². The molecule has 0 aromatic carbocycles. The van der Waals surface area contributed by atoms with E-state index in [0.717, 1.165) is 0 Å². The topological polar surface area (TPSA) is 164 Å². The lowest BCUT2D eigenvalue weighted by Gasteiger charge is -2.27. The molecular formula is C7H15NO7. The van der Waals surface area contributed by atoms with Crippen molar-refractivity contribution in [2.75, 3.05) is 6.61 Å². The minimum Gasteiger partial charge on any atom is -0.479 e. The van der Waals surface area contributed by atoms with Gasteiger partial charge in [0, 0.05) is 0 Å². The summed E-state index contributed by atoms with van der Waals surface area (Å²) in [5.74, 6) is -1.66. The highest BCUT2D eigenvalue weighted by Gasteiger charge is 2.35. The van der Waals surface area contributed by atoms with Crippen LogP contribution in [0.4, 0.5) is 0 Å². The van der Waals surface area contributed by atoms with Crippen molar-refractivity contribution in [3.63, 3.8) is 0 Å². The average Bonchev–Trinajstić information content (AvgIpc) is 2.23. The molecule has 0 amide bonds. The van der Waals surface area contributed by atoms with Crippen LogP contribution >= 0.6 is 0 Å². The molecule has 0 fully saturated rings. The minimum absolute atomic E-state index is 0.825. The predicted octanol–water partition coefficient (Wildman–Crippen LogP) is -4.17. The van der Waals surface area contributed by atoms with Crippen LogP contribution in [-0.4, -0.2) is 73.7 Å². The quantitative estimate of drug-likeness (QED) is 0.239. The molecule has 5 atom stereocenters. The van der Waals surface area contributed by atoms with Gasteiger partial charge in [-0.1, -0.05) is 0 Å². The zero-order valence-electron chi connectivity index (χ0n) is 7.76. The number of carboxylic acids is 1. The van der Waals surface area contributed by atoms with Gasteiger partial charge >= 0.3 is 5.97 Å². The Morgan fingerprint density at radius 1 is 1.13 bits per heavy atom. The first kappa shape index (κ1) is 14.2. The molecule has 90 valence electrons. The van der Waals surface area contributed by atoms with Gasteiger partial charge < -0.3 is 36.4 Å². The first-order valence-corrected chi connectivity index (χ1v) is 4.14. The van der Waals surface area contributed by atoms with Gasteiger partial charge in [-0.3, -0.25) is 0 Å². The van der Waals surface area contributed by atoms with Crippen molar-refractivity contribution in [2.24, 2.45) is 5.73 Å². The van der Waals surface area contributed by atoms with Crippen molar-refractivity contribution >= 4 is 5.97 Å².